The maximum Gasteiger partial charge on any atom is 0.317 e. The Bertz CT molecular complexity index is 694. The minimum Gasteiger partial charge on any atom is -0.365 e. The van der Waals surface area contributed by atoms with Gasteiger partial charge in [0.05, 0.1) is 5.69 Å². The Kier molecular flexibility index (Phi) is 7.88. The number of hydrogen-bond donors (Lipinski definition) is 1. The van der Waals surface area contributed by atoms with Crippen LogP contribution in [-0.2, 0) is 0 Å². The lowest BCUT2D eigenvalue weighted by atomic mass is 9.84. The number of pyridine rings is 1. The van der Waals surface area contributed by atoms with Gasteiger partial charge in [-0.2, -0.15) is 0 Å². The lowest BCUT2D eigenvalue weighted by Gasteiger charge is -2.42. The van der Waals surface area contributed by atoms with Gasteiger partial charge in [0.25, 0.3) is 0 Å². The van der Waals surface area contributed by atoms with Crippen molar-refractivity contribution < 1.29 is 4.79 Å². The molecule has 162 valence electrons. The van der Waals surface area contributed by atoms with Gasteiger partial charge < -0.3 is 15.1 Å². The molecule has 29 heavy (non-hydrogen) atoms. The van der Waals surface area contributed by atoms with Crippen molar-refractivity contribution in [2.45, 2.75) is 51.1 Å². The first-order valence-electron chi connectivity index (χ1n) is 10.6. The van der Waals surface area contributed by atoms with Gasteiger partial charge in [0.1, 0.15) is 10.2 Å². The zero-order chi connectivity index (χ0) is 21.0. The number of rotatable bonds is 5. The van der Waals surface area contributed by atoms with Crippen molar-refractivity contribution in [3.05, 3.63) is 22.4 Å². The number of nitrogens with zero attached hydrogens (tertiary/aromatic N) is 4. The Balaban J connectivity index is 1.41. The maximum atomic E-state index is 11.8. The van der Waals surface area contributed by atoms with Crippen LogP contribution in [0.2, 0.25) is 10.2 Å². The van der Waals surface area contributed by atoms with Crippen LogP contribution >= 0.6 is 23.2 Å². The summed E-state index contributed by atoms with van der Waals surface area (Å²) < 4.78 is 0. The van der Waals surface area contributed by atoms with Gasteiger partial charge in [0.2, 0.25) is 0 Å². The van der Waals surface area contributed by atoms with Crippen molar-refractivity contribution in [3.8, 4) is 0 Å². The second kappa shape index (κ2) is 10.2. The van der Waals surface area contributed by atoms with Crippen molar-refractivity contribution in [3.63, 3.8) is 0 Å². The molecule has 2 amide bonds. The van der Waals surface area contributed by atoms with E-state index in [1.54, 1.807) is 25.2 Å². The van der Waals surface area contributed by atoms with Gasteiger partial charge in [-0.1, -0.05) is 23.2 Å². The number of urea groups is 1. The Labute approximate surface area is 184 Å². The molecular formula is C21H33Cl2N5O. The molecule has 1 saturated heterocycles. The van der Waals surface area contributed by atoms with Crippen molar-refractivity contribution in [2.75, 3.05) is 45.2 Å². The molecule has 1 saturated carbocycles. The van der Waals surface area contributed by atoms with Crippen LogP contribution in [0.25, 0.3) is 0 Å². The van der Waals surface area contributed by atoms with Gasteiger partial charge in [-0.15, -0.1) is 0 Å². The molecule has 0 bridgehead atoms. The molecule has 1 atom stereocenters. The molecule has 0 aromatic carbocycles. The Morgan fingerprint density at radius 1 is 1.24 bits per heavy atom. The summed E-state index contributed by atoms with van der Waals surface area (Å²) in [6, 6.07) is 2.70. The molecule has 1 aromatic heterocycles. The molecule has 8 heteroatoms. The quantitative estimate of drug-likeness (QED) is 0.698. The molecule has 0 spiro atoms. The minimum atomic E-state index is 0.0240. The van der Waals surface area contributed by atoms with Gasteiger partial charge >= 0.3 is 6.03 Å². The highest BCUT2D eigenvalue weighted by Gasteiger charge is 2.27. The SMILES string of the molecule is CC1CN(CCC2CCC(NC(=O)N(C)C)CC2)CCN1c1ccnc(Cl)c1Cl. The van der Waals surface area contributed by atoms with E-state index in [0.717, 1.165) is 50.6 Å². The van der Waals surface area contributed by atoms with Gasteiger partial charge in [0, 0.05) is 52.0 Å². The van der Waals surface area contributed by atoms with Gasteiger partial charge in [-0.25, -0.2) is 9.78 Å². The number of aromatic nitrogens is 1. The normalized spacial score (nSPS) is 25.7. The average molecular weight is 442 g/mol. The summed E-state index contributed by atoms with van der Waals surface area (Å²) in [5.74, 6) is 0.768. The topological polar surface area (TPSA) is 51.7 Å². The minimum absolute atomic E-state index is 0.0240. The smallest absolute Gasteiger partial charge is 0.317 e. The molecule has 1 aromatic rings. The molecular weight excluding hydrogens is 409 g/mol. The first-order chi connectivity index (χ1) is 13.8. The van der Waals surface area contributed by atoms with E-state index < -0.39 is 0 Å². The highest BCUT2D eigenvalue weighted by Crippen LogP contribution is 2.33. The van der Waals surface area contributed by atoms with Crippen molar-refractivity contribution in [2.24, 2.45) is 5.92 Å². The highest BCUT2D eigenvalue weighted by molar-refractivity contribution is 6.42. The van der Waals surface area contributed by atoms with Crippen LogP contribution < -0.4 is 10.2 Å². The second-order valence-electron chi connectivity index (χ2n) is 8.63. The van der Waals surface area contributed by atoms with Crippen LogP contribution in [0.4, 0.5) is 10.5 Å². The summed E-state index contributed by atoms with van der Waals surface area (Å²) in [7, 11) is 3.58. The van der Waals surface area contributed by atoms with E-state index in [9.17, 15) is 4.79 Å². The van der Waals surface area contributed by atoms with Crippen LogP contribution in [0.1, 0.15) is 39.0 Å². The third kappa shape index (κ3) is 5.89. The molecule has 2 aliphatic rings. The number of carbonyl (C=O) groups excluding carboxylic acids is 1. The second-order valence-corrected chi connectivity index (χ2v) is 9.36. The summed E-state index contributed by atoms with van der Waals surface area (Å²) >= 11 is 12.5. The van der Waals surface area contributed by atoms with E-state index in [4.69, 9.17) is 23.2 Å². The predicted molar refractivity (Wildman–Crippen MR) is 120 cm³/mol. The summed E-state index contributed by atoms with van der Waals surface area (Å²) in [5, 5.41) is 4.05. The number of carbonyl (C=O) groups is 1. The number of halogens is 2. The predicted octanol–water partition coefficient (Wildman–Crippen LogP) is 4.12. The molecule has 1 unspecified atom stereocenters. The third-order valence-electron chi connectivity index (χ3n) is 6.28. The molecule has 1 N–H and O–H groups in total. The first-order valence-corrected chi connectivity index (χ1v) is 11.4. The van der Waals surface area contributed by atoms with Crippen molar-refractivity contribution in [1.82, 2.24) is 20.1 Å². The number of nitrogens with one attached hydrogen (secondary N) is 1. The Morgan fingerprint density at radius 2 is 1.97 bits per heavy atom. The highest BCUT2D eigenvalue weighted by atomic mass is 35.5. The number of hydrogen-bond acceptors (Lipinski definition) is 4. The maximum absolute atomic E-state index is 11.8. The third-order valence-corrected chi connectivity index (χ3v) is 7.04. The number of piperazine rings is 1. The standard InChI is InChI=1S/C21H33Cl2N5O/c1-15-14-27(12-13-28(15)18-8-10-24-20(23)19(18)22)11-9-16-4-6-17(7-5-16)25-21(29)26(2)3/h8,10,15-17H,4-7,9,11-14H2,1-3H3,(H,25,29). The molecule has 2 heterocycles. The largest absolute Gasteiger partial charge is 0.365 e. The Morgan fingerprint density at radius 3 is 2.62 bits per heavy atom. The van der Waals surface area contributed by atoms with Crippen LogP contribution in [0, 0.1) is 5.92 Å². The first kappa shape index (κ1) is 22.4. The van der Waals surface area contributed by atoms with Crippen molar-refractivity contribution in [1.29, 1.82) is 0 Å². The van der Waals surface area contributed by atoms with E-state index in [1.807, 2.05) is 6.07 Å². The lowest BCUT2D eigenvalue weighted by molar-refractivity contribution is 0.187. The van der Waals surface area contributed by atoms with E-state index in [-0.39, 0.29) is 6.03 Å². The lowest BCUT2D eigenvalue weighted by Crippen LogP contribution is -2.52. The van der Waals surface area contributed by atoms with E-state index in [1.165, 1.54) is 19.3 Å². The van der Waals surface area contributed by atoms with Gasteiger partial charge in [-0.3, -0.25) is 4.90 Å². The zero-order valence-electron chi connectivity index (χ0n) is 17.7. The van der Waals surface area contributed by atoms with Crippen LogP contribution in [0.5, 0.6) is 0 Å². The average Bonchev–Trinajstić information content (AvgIpc) is 2.70. The fourth-order valence-electron chi connectivity index (χ4n) is 4.49. The fourth-order valence-corrected chi connectivity index (χ4v) is 4.86. The number of amides is 2. The summed E-state index contributed by atoms with van der Waals surface area (Å²) in [5.41, 5.74) is 0.983. The zero-order valence-corrected chi connectivity index (χ0v) is 19.2. The fraction of sp³-hybridized carbons (Fsp3) is 0.714. The summed E-state index contributed by atoms with van der Waals surface area (Å²) in [6.45, 7) is 6.40. The molecule has 1 aliphatic carbocycles. The van der Waals surface area contributed by atoms with Crippen LogP contribution in [0.15, 0.2) is 12.3 Å². The van der Waals surface area contributed by atoms with E-state index in [2.05, 4.69) is 27.0 Å². The summed E-state index contributed by atoms with van der Waals surface area (Å²) in [6.07, 6.45) is 7.56. The molecule has 1 aliphatic heterocycles. The van der Waals surface area contributed by atoms with E-state index >= 15 is 0 Å². The molecule has 6 nitrogen and oxygen atoms in total. The summed E-state index contributed by atoms with van der Waals surface area (Å²) in [4.78, 5) is 22.4. The van der Waals surface area contributed by atoms with Crippen molar-refractivity contribution >= 4 is 34.9 Å². The van der Waals surface area contributed by atoms with Crippen LogP contribution in [0.3, 0.4) is 0 Å². The molecule has 2 fully saturated rings. The van der Waals surface area contributed by atoms with Gasteiger partial charge in [0.15, 0.2) is 0 Å². The Hall–Kier alpha value is -1.24. The number of anilines is 1. The molecule has 0 radical (unpaired) electrons. The molecule has 3 rings (SSSR count). The van der Waals surface area contributed by atoms with Crippen LogP contribution in [-0.4, -0.2) is 73.2 Å². The van der Waals surface area contributed by atoms with Gasteiger partial charge in [-0.05, 0) is 57.6 Å². The van der Waals surface area contributed by atoms with E-state index in [0.29, 0.717) is 22.3 Å². The monoisotopic (exact) mass is 441 g/mol.